The Bertz CT molecular complexity index is 477. The predicted octanol–water partition coefficient (Wildman–Crippen LogP) is 2.50. The minimum atomic E-state index is 0.286. The number of piperidine rings is 1. The maximum absolute atomic E-state index is 12.3. The van der Waals surface area contributed by atoms with E-state index in [9.17, 15) is 4.79 Å². The van der Waals surface area contributed by atoms with Crippen LogP contribution >= 0.6 is 0 Å². The Morgan fingerprint density at radius 3 is 2.74 bits per heavy atom. The van der Waals surface area contributed by atoms with Gasteiger partial charge in [0.15, 0.2) is 0 Å². The fraction of sp³-hybridized carbons (Fsp3) is 0.632. The van der Waals surface area contributed by atoms with Gasteiger partial charge in [-0.3, -0.25) is 9.69 Å². The van der Waals surface area contributed by atoms with Crippen molar-refractivity contribution in [3.63, 3.8) is 0 Å². The zero-order valence-electron chi connectivity index (χ0n) is 14.8. The van der Waals surface area contributed by atoms with Crippen LogP contribution in [-0.4, -0.2) is 55.0 Å². The molecule has 2 unspecified atom stereocenters. The average molecular weight is 317 g/mol. The number of carbonyl (C=O) groups is 1. The van der Waals surface area contributed by atoms with Gasteiger partial charge < -0.3 is 10.2 Å². The predicted molar refractivity (Wildman–Crippen MR) is 95.3 cm³/mol. The summed E-state index contributed by atoms with van der Waals surface area (Å²) in [5.41, 5.74) is 1.37. The molecule has 0 aliphatic carbocycles. The number of likely N-dealkylation sites (tertiary alicyclic amines) is 1. The second-order valence-electron chi connectivity index (χ2n) is 6.70. The molecule has 4 nitrogen and oxygen atoms in total. The Labute approximate surface area is 140 Å². The second-order valence-corrected chi connectivity index (χ2v) is 6.70. The minimum Gasteiger partial charge on any atom is -0.343 e. The van der Waals surface area contributed by atoms with Gasteiger partial charge in [-0.15, -0.1) is 0 Å². The van der Waals surface area contributed by atoms with E-state index in [1.807, 2.05) is 19.0 Å². The van der Waals surface area contributed by atoms with Crippen molar-refractivity contribution in [3.8, 4) is 0 Å². The van der Waals surface area contributed by atoms with Gasteiger partial charge in [-0.1, -0.05) is 30.3 Å². The van der Waals surface area contributed by atoms with Crippen molar-refractivity contribution in [2.75, 3.05) is 27.2 Å². The summed E-state index contributed by atoms with van der Waals surface area (Å²) in [6.45, 7) is 5.27. The molecule has 1 aromatic rings. The lowest BCUT2D eigenvalue weighted by atomic mass is 9.96. The molecule has 1 aromatic carbocycles. The third kappa shape index (κ3) is 5.33. The van der Waals surface area contributed by atoms with Crippen molar-refractivity contribution in [1.82, 2.24) is 15.1 Å². The molecule has 1 aliphatic rings. The van der Waals surface area contributed by atoms with Gasteiger partial charge in [0.1, 0.15) is 0 Å². The van der Waals surface area contributed by atoms with E-state index in [0.29, 0.717) is 18.5 Å². The summed E-state index contributed by atoms with van der Waals surface area (Å²) >= 11 is 0. The molecule has 1 saturated heterocycles. The standard InChI is InChI=1S/C19H31N3O/c1-16-14-18(21(3)19(23)10-7-12-20-2)11-13-22(16)15-17-8-5-4-6-9-17/h4-6,8-9,16,18,20H,7,10-15H2,1-3H3. The van der Waals surface area contributed by atoms with E-state index in [1.54, 1.807) is 0 Å². The number of benzene rings is 1. The molecule has 1 amide bonds. The van der Waals surface area contributed by atoms with E-state index in [-0.39, 0.29) is 5.91 Å². The lowest BCUT2D eigenvalue weighted by Crippen LogP contribution is -2.49. The van der Waals surface area contributed by atoms with Gasteiger partial charge in [0.05, 0.1) is 0 Å². The number of nitrogens with one attached hydrogen (secondary N) is 1. The van der Waals surface area contributed by atoms with Crippen LogP contribution in [0.25, 0.3) is 0 Å². The quantitative estimate of drug-likeness (QED) is 0.785. The van der Waals surface area contributed by atoms with Crippen LogP contribution in [0.1, 0.15) is 38.2 Å². The van der Waals surface area contributed by atoms with E-state index in [0.717, 1.165) is 38.9 Å². The first-order valence-electron chi connectivity index (χ1n) is 8.80. The van der Waals surface area contributed by atoms with Crippen molar-refractivity contribution in [2.45, 2.75) is 51.2 Å². The smallest absolute Gasteiger partial charge is 0.222 e. The third-order valence-electron chi connectivity index (χ3n) is 4.97. The summed E-state index contributed by atoms with van der Waals surface area (Å²) in [5, 5.41) is 3.10. The summed E-state index contributed by atoms with van der Waals surface area (Å²) in [6.07, 6.45) is 3.71. The molecular weight excluding hydrogens is 286 g/mol. The number of carbonyl (C=O) groups excluding carboxylic acids is 1. The van der Waals surface area contributed by atoms with Crippen LogP contribution < -0.4 is 5.32 Å². The molecule has 23 heavy (non-hydrogen) atoms. The van der Waals surface area contributed by atoms with Crippen molar-refractivity contribution in [2.24, 2.45) is 0 Å². The molecule has 2 atom stereocenters. The van der Waals surface area contributed by atoms with Crippen molar-refractivity contribution in [1.29, 1.82) is 0 Å². The highest BCUT2D eigenvalue weighted by Crippen LogP contribution is 2.23. The second kappa shape index (κ2) is 9.04. The fourth-order valence-electron chi connectivity index (χ4n) is 3.40. The van der Waals surface area contributed by atoms with Crippen LogP contribution in [0.5, 0.6) is 0 Å². The maximum atomic E-state index is 12.3. The molecule has 0 radical (unpaired) electrons. The normalized spacial score (nSPS) is 22.0. The zero-order valence-corrected chi connectivity index (χ0v) is 14.8. The molecule has 1 aliphatic heterocycles. The SMILES string of the molecule is CNCCCC(=O)N(C)C1CCN(Cc2ccccc2)C(C)C1. The lowest BCUT2D eigenvalue weighted by molar-refractivity contribution is -0.133. The highest BCUT2D eigenvalue weighted by Gasteiger charge is 2.29. The van der Waals surface area contributed by atoms with E-state index in [2.05, 4.69) is 47.5 Å². The fourth-order valence-corrected chi connectivity index (χ4v) is 3.40. The van der Waals surface area contributed by atoms with Crippen LogP contribution in [0, 0.1) is 0 Å². The molecule has 1 heterocycles. The van der Waals surface area contributed by atoms with Gasteiger partial charge in [-0.2, -0.15) is 0 Å². The third-order valence-corrected chi connectivity index (χ3v) is 4.97. The summed E-state index contributed by atoms with van der Waals surface area (Å²) in [5.74, 6) is 0.286. The van der Waals surface area contributed by atoms with E-state index in [4.69, 9.17) is 0 Å². The molecule has 0 saturated carbocycles. The zero-order chi connectivity index (χ0) is 16.7. The van der Waals surface area contributed by atoms with Crippen molar-refractivity contribution < 1.29 is 4.79 Å². The summed E-state index contributed by atoms with van der Waals surface area (Å²) in [7, 11) is 3.91. The Morgan fingerprint density at radius 1 is 1.35 bits per heavy atom. The topological polar surface area (TPSA) is 35.6 Å². The molecular formula is C19H31N3O. The maximum Gasteiger partial charge on any atom is 0.222 e. The molecule has 128 valence electrons. The number of amides is 1. The number of nitrogens with zero attached hydrogens (tertiary/aromatic N) is 2. The average Bonchev–Trinajstić information content (AvgIpc) is 2.57. The molecule has 4 heteroatoms. The molecule has 1 fully saturated rings. The number of rotatable bonds is 7. The summed E-state index contributed by atoms with van der Waals surface area (Å²) in [4.78, 5) is 16.8. The van der Waals surface area contributed by atoms with Crippen molar-refractivity contribution >= 4 is 5.91 Å². The first-order valence-corrected chi connectivity index (χ1v) is 8.80. The summed E-state index contributed by atoms with van der Waals surface area (Å²) < 4.78 is 0. The molecule has 1 N–H and O–H groups in total. The highest BCUT2D eigenvalue weighted by molar-refractivity contribution is 5.76. The van der Waals surface area contributed by atoms with Crippen LogP contribution in [-0.2, 0) is 11.3 Å². The van der Waals surface area contributed by atoms with Gasteiger partial charge in [-0.25, -0.2) is 0 Å². The molecule has 0 aromatic heterocycles. The largest absolute Gasteiger partial charge is 0.343 e. The van der Waals surface area contributed by atoms with Gasteiger partial charge in [0.2, 0.25) is 5.91 Å². The van der Waals surface area contributed by atoms with Gasteiger partial charge in [-0.05, 0) is 45.3 Å². The van der Waals surface area contributed by atoms with E-state index < -0.39 is 0 Å². The monoisotopic (exact) mass is 317 g/mol. The molecule has 0 spiro atoms. The van der Waals surface area contributed by atoms with Crippen LogP contribution in [0.15, 0.2) is 30.3 Å². The van der Waals surface area contributed by atoms with Gasteiger partial charge >= 0.3 is 0 Å². The van der Waals surface area contributed by atoms with Gasteiger partial charge in [0, 0.05) is 38.6 Å². The van der Waals surface area contributed by atoms with Crippen LogP contribution in [0.4, 0.5) is 0 Å². The highest BCUT2D eigenvalue weighted by atomic mass is 16.2. The Kier molecular flexibility index (Phi) is 7.06. The van der Waals surface area contributed by atoms with Crippen LogP contribution in [0.3, 0.4) is 0 Å². The number of hydrogen-bond acceptors (Lipinski definition) is 3. The van der Waals surface area contributed by atoms with Gasteiger partial charge in [0.25, 0.3) is 0 Å². The summed E-state index contributed by atoms with van der Waals surface area (Å²) in [6, 6.07) is 11.6. The minimum absolute atomic E-state index is 0.286. The first kappa shape index (κ1) is 18.0. The van der Waals surface area contributed by atoms with E-state index in [1.165, 1.54) is 5.56 Å². The van der Waals surface area contributed by atoms with Crippen LogP contribution in [0.2, 0.25) is 0 Å². The molecule has 0 bridgehead atoms. The van der Waals surface area contributed by atoms with Crippen molar-refractivity contribution in [3.05, 3.63) is 35.9 Å². The van der Waals surface area contributed by atoms with E-state index >= 15 is 0 Å². The Hall–Kier alpha value is -1.39. The number of hydrogen-bond donors (Lipinski definition) is 1. The molecule has 2 rings (SSSR count). The first-order chi connectivity index (χ1) is 11.1. The lowest BCUT2D eigenvalue weighted by Gasteiger charge is -2.41. The Balaban J connectivity index is 1.82. The Morgan fingerprint density at radius 2 is 2.09 bits per heavy atom.